The van der Waals surface area contributed by atoms with E-state index in [-0.39, 0.29) is 11.1 Å². The van der Waals surface area contributed by atoms with Gasteiger partial charge in [-0.05, 0) is 12.1 Å². The van der Waals surface area contributed by atoms with Crippen molar-refractivity contribution in [2.75, 3.05) is 0 Å². The van der Waals surface area contributed by atoms with E-state index >= 15 is 0 Å². The van der Waals surface area contributed by atoms with Gasteiger partial charge in [-0.3, -0.25) is 0 Å². The third-order valence-electron chi connectivity index (χ3n) is 1.72. The number of rotatable bonds is 1. The summed E-state index contributed by atoms with van der Waals surface area (Å²) >= 11 is 0. The van der Waals surface area contributed by atoms with E-state index < -0.39 is 11.8 Å². The number of carbonyl (C=O) groups is 1. The Kier molecular flexibility index (Phi) is 1.51. The number of hydrogen-bond donors (Lipinski definition) is 1. The fraction of sp³-hybridized carbons (Fsp3) is 0. The van der Waals surface area contributed by atoms with Gasteiger partial charge in [0.25, 0.3) is 0 Å². The van der Waals surface area contributed by atoms with Crippen LogP contribution < -0.4 is 0 Å². The average Bonchev–Trinajstić information content (AvgIpc) is 2.49. The molecule has 0 amide bonds. The van der Waals surface area contributed by atoms with E-state index in [0.717, 1.165) is 6.20 Å². The molecular formula is C8H5FN2O2. The van der Waals surface area contributed by atoms with Crippen molar-refractivity contribution in [1.82, 2.24) is 9.61 Å². The highest BCUT2D eigenvalue weighted by Gasteiger charge is 2.13. The summed E-state index contributed by atoms with van der Waals surface area (Å²) in [5.74, 6) is -1.77. The molecule has 0 spiro atoms. The monoisotopic (exact) mass is 180 g/mol. The summed E-state index contributed by atoms with van der Waals surface area (Å²) in [4.78, 5) is 10.6. The fourth-order valence-electron chi connectivity index (χ4n) is 1.16. The van der Waals surface area contributed by atoms with Crippen molar-refractivity contribution in [2.45, 2.75) is 0 Å². The summed E-state index contributed by atoms with van der Waals surface area (Å²) in [5, 5.41) is 12.4. The number of halogens is 1. The standard InChI is InChI=1S/C8H5FN2O2/c9-6-2-1-3-11-7(6)5(4-10-11)8(12)13/h1-4H,(H,12,13). The summed E-state index contributed by atoms with van der Waals surface area (Å²) in [5.41, 5.74) is -0.131. The van der Waals surface area contributed by atoms with E-state index in [4.69, 9.17) is 5.11 Å². The average molecular weight is 180 g/mol. The van der Waals surface area contributed by atoms with Crippen LogP contribution in [0.5, 0.6) is 0 Å². The van der Waals surface area contributed by atoms with Crippen molar-refractivity contribution >= 4 is 11.5 Å². The van der Waals surface area contributed by atoms with Gasteiger partial charge in [0, 0.05) is 6.20 Å². The molecule has 13 heavy (non-hydrogen) atoms. The summed E-state index contributed by atoms with van der Waals surface area (Å²) < 4.78 is 14.3. The molecule has 0 saturated carbocycles. The first kappa shape index (κ1) is 7.72. The zero-order valence-electron chi connectivity index (χ0n) is 6.44. The van der Waals surface area contributed by atoms with Gasteiger partial charge < -0.3 is 5.11 Å². The van der Waals surface area contributed by atoms with Crippen LogP contribution in [0.1, 0.15) is 10.4 Å². The third kappa shape index (κ3) is 1.05. The fourth-order valence-corrected chi connectivity index (χ4v) is 1.16. The molecule has 0 atom stereocenters. The lowest BCUT2D eigenvalue weighted by Crippen LogP contribution is -1.97. The molecule has 2 heterocycles. The van der Waals surface area contributed by atoms with Crippen LogP contribution in [0.3, 0.4) is 0 Å². The number of pyridine rings is 1. The lowest BCUT2D eigenvalue weighted by molar-refractivity contribution is 0.0698. The maximum absolute atomic E-state index is 13.1. The smallest absolute Gasteiger partial charge is 0.339 e. The molecular weight excluding hydrogens is 175 g/mol. The van der Waals surface area contributed by atoms with Crippen LogP contribution in [0.4, 0.5) is 4.39 Å². The molecule has 0 aliphatic heterocycles. The second-order valence-corrected chi connectivity index (χ2v) is 2.51. The molecule has 66 valence electrons. The summed E-state index contributed by atoms with van der Waals surface area (Å²) in [6.45, 7) is 0. The van der Waals surface area contributed by atoms with Crippen LogP contribution in [-0.4, -0.2) is 20.7 Å². The minimum Gasteiger partial charge on any atom is -0.478 e. The Morgan fingerprint density at radius 3 is 3.08 bits per heavy atom. The van der Waals surface area contributed by atoms with Gasteiger partial charge in [0.1, 0.15) is 16.9 Å². The van der Waals surface area contributed by atoms with E-state index in [2.05, 4.69) is 5.10 Å². The number of carboxylic acid groups (broad SMARTS) is 1. The molecule has 2 aromatic heterocycles. The SMILES string of the molecule is O=C(O)c1cnn2cccc(F)c12. The summed E-state index contributed by atoms with van der Waals surface area (Å²) in [6.07, 6.45) is 2.62. The van der Waals surface area contributed by atoms with Crippen molar-refractivity contribution in [2.24, 2.45) is 0 Å². The van der Waals surface area contributed by atoms with E-state index in [1.807, 2.05) is 0 Å². The van der Waals surface area contributed by atoms with Crippen LogP contribution in [0.15, 0.2) is 24.5 Å². The predicted octanol–water partition coefficient (Wildman–Crippen LogP) is 1.17. The second-order valence-electron chi connectivity index (χ2n) is 2.51. The van der Waals surface area contributed by atoms with Crippen molar-refractivity contribution in [3.8, 4) is 0 Å². The van der Waals surface area contributed by atoms with Crippen molar-refractivity contribution < 1.29 is 14.3 Å². The molecule has 1 N–H and O–H groups in total. The quantitative estimate of drug-likeness (QED) is 0.716. The normalized spacial score (nSPS) is 10.5. The van der Waals surface area contributed by atoms with Gasteiger partial charge in [-0.25, -0.2) is 13.7 Å². The number of nitrogens with zero attached hydrogens (tertiary/aromatic N) is 2. The van der Waals surface area contributed by atoms with Crippen molar-refractivity contribution in [3.63, 3.8) is 0 Å². The molecule has 0 aliphatic rings. The highest BCUT2D eigenvalue weighted by molar-refractivity contribution is 5.95. The molecule has 5 heteroatoms. The van der Waals surface area contributed by atoms with Gasteiger partial charge in [-0.2, -0.15) is 5.10 Å². The number of aromatic carboxylic acids is 1. The van der Waals surface area contributed by atoms with Gasteiger partial charge >= 0.3 is 5.97 Å². The summed E-state index contributed by atoms with van der Waals surface area (Å²) in [7, 11) is 0. The molecule has 4 nitrogen and oxygen atoms in total. The molecule has 0 radical (unpaired) electrons. The maximum Gasteiger partial charge on any atom is 0.339 e. The highest BCUT2D eigenvalue weighted by Crippen LogP contribution is 2.13. The first-order valence-electron chi connectivity index (χ1n) is 3.55. The van der Waals surface area contributed by atoms with Crippen LogP contribution in [0.25, 0.3) is 5.52 Å². The summed E-state index contributed by atoms with van der Waals surface area (Å²) in [6, 6.07) is 2.66. The van der Waals surface area contributed by atoms with Crippen molar-refractivity contribution in [3.05, 3.63) is 35.9 Å². The minimum absolute atomic E-state index is 0.00463. The first-order chi connectivity index (χ1) is 6.20. The Morgan fingerprint density at radius 1 is 1.62 bits per heavy atom. The van der Waals surface area contributed by atoms with Gasteiger partial charge in [-0.15, -0.1) is 0 Å². The maximum atomic E-state index is 13.1. The number of aromatic nitrogens is 2. The second kappa shape index (κ2) is 2.55. The Morgan fingerprint density at radius 2 is 2.38 bits per heavy atom. The highest BCUT2D eigenvalue weighted by atomic mass is 19.1. The molecule has 0 saturated heterocycles. The molecule has 2 rings (SSSR count). The third-order valence-corrected chi connectivity index (χ3v) is 1.72. The van der Waals surface area contributed by atoms with Crippen molar-refractivity contribution in [1.29, 1.82) is 0 Å². The predicted molar refractivity (Wildman–Crippen MR) is 42.1 cm³/mol. The first-order valence-corrected chi connectivity index (χ1v) is 3.55. The zero-order valence-corrected chi connectivity index (χ0v) is 6.44. The van der Waals surface area contributed by atoms with E-state index in [1.54, 1.807) is 0 Å². The Labute approximate surface area is 72.2 Å². The van der Waals surface area contributed by atoms with Gasteiger partial charge in [0.15, 0.2) is 0 Å². The van der Waals surface area contributed by atoms with Gasteiger partial charge in [0.05, 0.1) is 6.20 Å². The topological polar surface area (TPSA) is 54.6 Å². The number of carboxylic acids is 1. The lowest BCUT2D eigenvalue weighted by atomic mass is 10.2. The van der Waals surface area contributed by atoms with Gasteiger partial charge in [0.2, 0.25) is 0 Å². The van der Waals surface area contributed by atoms with Crippen LogP contribution in [0, 0.1) is 5.82 Å². The van der Waals surface area contributed by atoms with E-state index in [0.29, 0.717) is 0 Å². The Hall–Kier alpha value is -1.91. The van der Waals surface area contributed by atoms with E-state index in [9.17, 15) is 9.18 Å². The van der Waals surface area contributed by atoms with Crippen LogP contribution in [-0.2, 0) is 0 Å². The number of fused-ring (bicyclic) bond motifs is 1. The Bertz CT molecular complexity index is 478. The molecule has 0 fully saturated rings. The molecule has 0 aliphatic carbocycles. The molecule has 0 bridgehead atoms. The molecule has 0 aromatic carbocycles. The van der Waals surface area contributed by atoms with E-state index in [1.165, 1.54) is 22.8 Å². The lowest BCUT2D eigenvalue weighted by Gasteiger charge is -1.94. The Balaban J connectivity index is 2.86. The zero-order chi connectivity index (χ0) is 9.42. The largest absolute Gasteiger partial charge is 0.478 e. The van der Waals surface area contributed by atoms with Crippen LogP contribution in [0.2, 0.25) is 0 Å². The molecule has 0 unspecified atom stereocenters. The minimum atomic E-state index is -1.18. The molecule has 2 aromatic rings. The van der Waals surface area contributed by atoms with Gasteiger partial charge in [-0.1, -0.05) is 0 Å². The number of hydrogen-bond acceptors (Lipinski definition) is 2. The van der Waals surface area contributed by atoms with Crippen LogP contribution >= 0.6 is 0 Å².